The van der Waals surface area contributed by atoms with Crippen LogP contribution in [0.3, 0.4) is 0 Å². The number of H-pyrrole nitrogens is 1. The van der Waals surface area contributed by atoms with Gasteiger partial charge in [-0.15, -0.1) is 0 Å². The van der Waals surface area contributed by atoms with Crippen molar-refractivity contribution in [2.45, 2.75) is 6.54 Å². The molecule has 8 heteroatoms. The fraction of sp³-hybridized carbons (Fsp3) is 0.188. The molecule has 0 amide bonds. The van der Waals surface area contributed by atoms with Crippen LogP contribution in [-0.4, -0.2) is 32.7 Å². The molecule has 3 N–H and O–H groups in total. The first-order chi connectivity index (χ1) is 11.7. The van der Waals surface area contributed by atoms with Gasteiger partial charge in [-0.2, -0.15) is 9.97 Å². The van der Waals surface area contributed by atoms with Gasteiger partial charge in [0.1, 0.15) is 24.5 Å². The summed E-state index contributed by atoms with van der Waals surface area (Å²) in [5, 5.41) is 0. The lowest BCUT2D eigenvalue weighted by Gasteiger charge is -2.09. The van der Waals surface area contributed by atoms with Gasteiger partial charge in [-0.1, -0.05) is 12.1 Å². The molecule has 1 aliphatic rings. The Bertz CT molecular complexity index is 989. The minimum absolute atomic E-state index is 0.129. The average molecular weight is 325 g/mol. The Morgan fingerprint density at radius 2 is 2.00 bits per heavy atom. The van der Waals surface area contributed by atoms with Gasteiger partial charge < -0.3 is 20.2 Å². The maximum absolute atomic E-state index is 12.3. The summed E-state index contributed by atoms with van der Waals surface area (Å²) in [6.07, 6.45) is 3.66. The second kappa shape index (κ2) is 5.73. The normalized spacial score (nSPS) is 14.2. The minimum atomic E-state index is -0.304. The van der Waals surface area contributed by atoms with Crippen molar-refractivity contribution in [2.24, 2.45) is 0 Å². The van der Waals surface area contributed by atoms with Crippen LogP contribution >= 0.6 is 0 Å². The van der Waals surface area contributed by atoms with Crippen molar-refractivity contribution in [3.05, 3.63) is 52.5 Å². The largest absolute Gasteiger partial charge is 0.490 e. The zero-order chi connectivity index (χ0) is 16.5. The number of benzene rings is 1. The molecule has 4 rings (SSSR count). The first-order valence-electron chi connectivity index (χ1n) is 7.46. The molecule has 0 aliphatic carbocycles. The van der Waals surface area contributed by atoms with Crippen LogP contribution in [0.2, 0.25) is 0 Å². The van der Waals surface area contributed by atoms with Gasteiger partial charge in [0.05, 0.1) is 6.54 Å². The number of anilines is 1. The van der Waals surface area contributed by atoms with Crippen molar-refractivity contribution in [2.75, 3.05) is 18.9 Å². The number of aromatic amines is 1. The third-order valence-electron chi connectivity index (χ3n) is 3.69. The third kappa shape index (κ3) is 2.58. The van der Waals surface area contributed by atoms with Crippen molar-refractivity contribution in [1.82, 2.24) is 19.5 Å². The van der Waals surface area contributed by atoms with Crippen LogP contribution < -0.4 is 20.9 Å². The molecule has 0 spiro atoms. The lowest BCUT2D eigenvalue weighted by molar-refractivity contribution is 0.330. The van der Waals surface area contributed by atoms with E-state index in [1.54, 1.807) is 0 Å². The van der Waals surface area contributed by atoms with Crippen LogP contribution in [0.4, 0.5) is 5.82 Å². The Balaban J connectivity index is 1.89. The summed E-state index contributed by atoms with van der Waals surface area (Å²) in [5.41, 5.74) is 7.35. The Morgan fingerprint density at radius 1 is 1.17 bits per heavy atom. The molecule has 1 aliphatic heterocycles. The molecule has 4 bridgehead atoms. The van der Waals surface area contributed by atoms with E-state index < -0.39 is 0 Å². The summed E-state index contributed by atoms with van der Waals surface area (Å²) >= 11 is 0. The van der Waals surface area contributed by atoms with E-state index in [0.717, 1.165) is 11.3 Å². The maximum Gasteiger partial charge on any atom is 0.328 e. The number of hydrogen-bond acceptors (Lipinski definition) is 6. The van der Waals surface area contributed by atoms with Crippen LogP contribution in [0.25, 0.3) is 11.2 Å². The fourth-order valence-electron chi connectivity index (χ4n) is 2.56. The molecule has 1 aromatic carbocycles. The van der Waals surface area contributed by atoms with Gasteiger partial charge in [0.25, 0.3) is 0 Å². The quantitative estimate of drug-likeness (QED) is 0.599. The number of fused-ring (bicyclic) bond motifs is 3. The molecule has 122 valence electrons. The molecule has 0 saturated carbocycles. The van der Waals surface area contributed by atoms with Crippen molar-refractivity contribution < 1.29 is 9.47 Å². The summed E-state index contributed by atoms with van der Waals surface area (Å²) in [6, 6.07) is 7.70. The number of imidazole rings is 1. The van der Waals surface area contributed by atoms with Crippen LogP contribution in [0, 0.1) is 0 Å². The number of nitrogen functional groups attached to an aromatic ring is 1. The number of nitrogens with one attached hydrogen (secondary N) is 1. The lowest BCUT2D eigenvalue weighted by atomic mass is 10.2. The predicted octanol–water partition coefficient (Wildman–Crippen LogP) is 1.08. The Labute approximate surface area is 136 Å². The second-order valence-corrected chi connectivity index (χ2v) is 5.35. The van der Waals surface area contributed by atoms with E-state index in [9.17, 15) is 4.79 Å². The highest BCUT2D eigenvalue weighted by molar-refractivity contribution is 5.81. The summed E-state index contributed by atoms with van der Waals surface area (Å²) in [5.74, 6) is 0.914. The molecule has 2 aromatic heterocycles. The zero-order valence-electron chi connectivity index (χ0n) is 12.7. The number of nitrogens with two attached hydrogens (primary N) is 1. The van der Waals surface area contributed by atoms with Gasteiger partial charge in [-0.05, 0) is 29.8 Å². The molecule has 0 atom stereocenters. The number of ether oxygens (including phenoxy) is 2. The topological polar surface area (TPSA) is 108 Å². The van der Waals surface area contributed by atoms with Gasteiger partial charge in [-0.25, -0.2) is 4.79 Å². The van der Waals surface area contributed by atoms with E-state index in [2.05, 4.69) is 15.0 Å². The minimum Gasteiger partial charge on any atom is -0.490 e. The highest BCUT2D eigenvalue weighted by atomic mass is 16.5. The molecule has 24 heavy (non-hydrogen) atoms. The first-order valence-corrected chi connectivity index (χ1v) is 7.46. The van der Waals surface area contributed by atoms with Gasteiger partial charge >= 0.3 is 11.7 Å². The van der Waals surface area contributed by atoms with E-state index in [4.69, 9.17) is 15.2 Å². The van der Waals surface area contributed by atoms with Crippen molar-refractivity contribution in [3.63, 3.8) is 0 Å². The molecular formula is C16H15N5O3. The number of hydrogen-bond donors (Lipinski definition) is 2. The number of nitrogens with zero attached hydrogens (tertiary/aromatic N) is 3. The smallest absolute Gasteiger partial charge is 0.328 e. The standard InChI is InChI=1S/C16H15N5O3/c17-13-12-14-20-15(19-13)24-7-2-1-6-23-11-5-3-4-10(8-11)9-21(14)16(22)18-12/h1-5,8H,6-7,9H2,(H,18,22)(H2,17,19,20). The summed E-state index contributed by atoms with van der Waals surface area (Å²) in [6.45, 7) is 1.04. The summed E-state index contributed by atoms with van der Waals surface area (Å²) in [7, 11) is 0. The Morgan fingerprint density at radius 3 is 2.88 bits per heavy atom. The first kappa shape index (κ1) is 14.3. The Kier molecular flexibility index (Phi) is 3.42. The van der Waals surface area contributed by atoms with E-state index >= 15 is 0 Å². The van der Waals surface area contributed by atoms with Crippen LogP contribution in [-0.2, 0) is 6.54 Å². The molecule has 3 heterocycles. The summed E-state index contributed by atoms with van der Waals surface area (Å²) < 4.78 is 12.6. The zero-order valence-corrected chi connectivity index (χ0v) is 12.7. The predicted molar refractivity (Wildman–Crippen MR) is 88.2 cm³/mol. The van der Waals surface area contributed by atoms with Gasteiger partial charge in [0.15, 0.2) is 11.5 Å². The molecule has 0 saturated heterocycles. The monoisotopic (exact) mass is 325 g/mol. The van der Waals surface area contributed by atoms with Crippen molar-refractivity contribution >= 4 is 17.0 Å². The van der Waals surface area contributed by atoms with Crippen LogP contribution in [0.5, 0.6) is 11.8 Å². The highest BCUT2D eigenvalue weighted by Gasteiger charge is 2.15. The van der Waals surface area contributed by atoms with E-state index in [0.29, 0.717) is 24.3 Å². The van der Waals surface area contributed by atoms with Crippen LogP contribution in [0.15, 0.2) is 41.2 Å². The molecular weight excluding hydrogens is 310 g/mol. The lowest BCUT2D eigenvalue weighted by Crippen LogP contribution is -2.18. The molecule has 0 unspecified atom stereocenters. The van der Waals surface area contributed by atoms with Gasteiger partial charge in [-0.3, -0.25) is 4.57 Å². The molecule has 3 aromatic rings. The average Bonchev–Trinajstić information content (AvgIpc) is 2.88. The Hall–Kier alpha value is -3.29. The summed E-state index contributed by atoms with van der Waals surface area (Å²) in [4.78, 5) is 23.4. The van der Waals surface area contributed by atoms with E-state index in [-0.39, 0.29) is 24.1 Å². The molecule has 0 radical (unpaired) electrons. The van der Waals surface area contributed by atoms with Crippen molar-refractivity contribution in [1.29, 1.82) is 0 Å². The third-order valence-corrected chi connectivity index (χ3v) is 3.69. The number of aromatic nitrogens is 4. The number of rotatable bonds is 0. The van der Waals surface area contributed by atoms with E-state index in [1.165, 1.54) is 4.57 Å². The van der Waals surface area contributed by atoms with Crippen LogP contribution in [0.1, 0.15) is 5.56 Å². The van der Waals surface area contributed by atoms with E-state index in [1.807, 2.05) is 36.4 Å². The molecule has 0 fully saturated rings. The SMILES string of the molecule is Nc1nc2nc3c1[nH]c(=O)n3Cc1cccc(c1)OCC=CCO2. The maximum atomic E-state index is 12.3. The second-order valence-electron chi connectivity index (χ2n) is 5.35. The van der Waals surface area contributed by atoms with Gasteiger partial charge in [0.2, 0.25) is 0 Å². The van der Waals surface area contributed by atoms with Gasteiger partial charge in [0, 0.05) is 0 Å². The molecule has 8 nitrogen and oxygen atoms in total. The van der Waals surface area contributed by atoms with Crippen molar-refractivity contribution in [3.8, 4) is 11.8 Å². The highest BCUT2D eigenvalue weighted by Crippen LogP contribution is 2.20. The fourth-order valence-corrected chi connectivity index (χ4v) is 2.56.